The number of piperidine rings is 1. The molecule has 0 bridgehead atoms. The van der Waals surface area contributed by atoms with Gasteiger partial charge in [-0.3, -0.25) is 0 Å². The van der Waals surface area contributed by atoms with Crippen LogP contribution in [0.1, 0.15) is 39.3 Å². The number of hydrogen-bond donors (Lipinski definition) is 0. The van der Waals surface area contributed by atoms with Crippen molar-refractivity contribution in [2.45, 2.75) is 45.6 Å². The van der Waals surface area contributed by atoms with Gasteiger partial charge in [-0.05, 0) is 46.0 Å². The second-order valence-corrected chi connectivity index (χ2v) is 8.02. The highest BCUT2D eigenvalue weighted by atomic mass is 35.5. The molecule has 0 aromatic carbocycles. The number of nitrogens with zero attached hydrogens (tertiary/aromatic N) is 2. The zero-order valence-electron chi connectivity index (χ0n) is 13.8. The molecular weight excluding hydrogens is 378 g/mol. The third kappa shape index (κ3) is 4.87. The second kappa shape index (κ2) is 7.63. The minimum atomic E-state index is -0.624. The first-order valence-electron chi connectivity index (χ1n) is 7.75. The van der Waals surface area contributed by atoms with Crippen molar-refractivity contribution in [2.75, 3.05) is 13.1 Å². The lowest BCUT2D eigenvalue weighted by molar-refractivity contribution is 0.0183. The maximum atomic E-state index is 14.2. The highest BCUT2D eigenvalue weighted by molar-refractivity contribution is 6.47. The molecule has 0 aliphatic carbocycles. The van der Waals surface area contributed by atoms with Gasteiger partial charge in [-0.15, -0.1) is 0 Å². The largest absolute Gasteiger partial charge is 0.444 e. The van der Waals surface area contributed by atoms with Crippen molar-refractivity contribution in [1.82, 2.24) is 9.88 Å². The maximum absolute atomic E-state index is 14.2. The van der Waals surface area contributed by atoms with Gasteiger partial charge in [0.15, 0.2) is 5.82 Å². The van der Waals surface area contributed by atoms with Gasteiger partial charge >= 0.3 is 6.09 Å². The molecule has 24 heavy (non-hydrogen) atoms. The van der Waals surface area contributed by atoms with Crippen LogP contribution in [0.4, 0.5) is 9.18 Å². The number of hydrogen-bond acceptors (Lipinski definition) is 3. The Kier molecular flexibility index (Phi) is 6.21. The molecule has 2 rings (SSSR count). The van der Waals surface area contributed by atoms with Gasteiger partial charge in [0.2, 0.25) is 0 Å². The molecule has 0 unspecified atom stereocenters. The summed E-state index contributed by atoms with van der Waals surface area (Å²) in [7, 11) is 0. The Balaban J connectivity index is 1.96. The number of ether oxygens (including phenoxy) is 1. The first kappa shape index (κ1) is 19.5. The smallest absolute Gasteiger partial charge is 0.410 e. The molecule has 1 saturated heterocycles. The third-order valence-corrected chi connectivity index (χ3v) is 4.99. The highest BCUT2D eigenvalue weighted by Gasteiger charge is 2.28. The van der Waals surface area contributed by atoms with Crippen LogP contribution in [-0.4, -0.2) is 34.7 Å². The van der Waals surface area contributed by atoms with Crippen molar-refractivity contribution < 1.29 is 13.9 Å². The molecule has 2 heterocycles. The summed E-state index contributed by atoms with van der Waals surface area (Å²) in [6.45, 7) is 6.63. The molecule has 1 aromatic heterocycles. The molecule has 0 N–H and O–H groups in total. The molecule has 1 fully saturated rings. The monoisotopic (exact) mass is 396 g/mol. The van der Waals surface area contributed by atoms with E-state index in [4.69, 9.17) is 39.5 Å². The number of amides is 1. The Morgan fingerprint density at radius 3 is 2.38 bits per heavy atom. The predicted molar refractivity (Wildman–Crippen MR) is 93.5 cm³/mol. The summed E-state index contributed by atoms with van der Waals surface area (Å²) in [5.41, 5.74) is -0.303. The summed E-state index contributed by atoms with van der Waals surface area (Å²) >= 11 is 17.5. The maximum Gasteiger partial charge on any atom is 0.410 e. The van der Waals surface area contributed by atoms with Crippen molar-refractivity contribution in [2.24, 2.45) is 5.92 Å². The van der Waals surface area contributed by atoms with Crippen LogP contribution in [0.5, 0.6) is 0 Å². The van der Waals surface area contributed by atoms with Crippen molar-refractivity contribution >= 4 is 40.9 Å². The van der Waals surface area contributed by atoms with Gasteiger partial charge in [-0.1, -0.05) is 34.8 Å². The Morgan fingerprint density at radius 1 is 1.25 bits per heavy atom. The number of aromatic nitrogens is 1. The van der Waals surface area contributed by atoms with Crippen LogP contribution in [0.15, 0.2) is 0 Å². The molecule has 1 aromatic rings. The van der Waals surface area contributed by atoms with Gasteiger partial charge in [0.05, 0.1) is 15.7 Å². The van der Waals surface area contributed by atoms with Crippen LogP contribution in [-0.2, 0) is 11.2 Å². The molecule has 0 radical (unpaired) electrons. The lowest BCUT2D eigenvalue weighted by Gasteiger charge is -2.33. The summed E-state index contributed by atoms with van der Waals surface area (Å²) in [4.78, 5) is 17.7. The van der Waals surface area contributed by atoms with Gasteiger partial charge in [0.25, 0.3) is 0 Å². The fourth-order valence-corrected chi connectivity index (χ4v) is 3.15. The fraction of sp³-hybridized carbons (Fsp3) is 0.625. The fourth-order valence-electron chi connectivity index (χ4n) is 2.59. The molecule has 0 saturated carbocycles. The molecule has 1 amide bonds. The van der Waals surface area contributed by atoms with Gasteiger partial charge in [-0.2, -0.15) is 0 Å². The van der Waals surface area contributed by atoms with Gasteiger partial charge < -0.3 is 9.64 Å². The van der Waals surface area contributed by atoms with E-state index < -0.39 is 11.4 Å². The normalized spacial score (nSPS) is 16.4. The minimum Gasteiger partial charge on any atom is -0.444 e. The Hall–Kier alpha value is -0.780. The van der Waals surface area contributed by atoms with E-state index in [2.05, 4.69) is 4.98 Å². The quantitative estimate of drug-likeness (QED) is 0.630. The van der Waals surface area contributed by atoms with E-state index in [0.29, 0.717) is 19.5 Å². The number of halogens is 4. The van der Waals surface area contributed by atoms with E-state index in [1.165, 1.54) is 0 Å². The molecule has 1 aliphatic rings. The van der Waals surface area contributed by atoms with Crippen LogP contribution in [0, 0.1) is 11.7 Å². The number of carbonyl (C=O) groups excluding carboxylic acids is 1. The van der Waals surface area contributed by atoms with Crippen LogP contribution >= 0.6 is 34.8 Å². The first-order chi connectivity index (χ1) is 11.1. The number of pyridine rings is 1. The lowest BCUT2D eigenvalue weighted by Crippen LogP contribution is -2.42. The average molecular weight is 398 g/mol. The van der Waals surface area contributed by atoms with Crippen molar-refractivity contribution in [3.05, 3.63) is 26.7 Å². The van der Waals surface area contributed by atoms with Crippen LogP contribution in [0.3, 0.4) is 0 Å². The zero-order chi connectivity index (χ0) is 18.1. The SMILES string of the molecule is CC(C)(C)OC(=O)N1CCC(Cc2nc(Cl)c(Cl)c(Cl)c2F)CC1. The molecule has 0 atom stereocenters. The standard InChI is InChI=1S/C16H20Cl3FN2O2/c1-16(2,3)24-15(23)22-6-4-9(5-7-22)8-10-13(20)11(17)12(18)14(19)21-10/h9H,4-8H2,1-3H3. The zero-order valence-corrected chi connectivity index (χ0v) is 16.1. The molecule has 1 aliphatic heterocycles. The predicted octanol–water partition coefficient (Wildman–Crippen LogP) is 5.37. The molecule has 8 heteroatoms. The van der Waals surface area contributed by atoms with Crippen molar-refractivity contribution in [1.29, 1.82) is 0 Å². The van der Waals surface area contributed by atoms with E-state index in [0.717, 1.165) is 12.8 Å². The first-order valence-corrected chi connectivity index (χ1v) is 8.88. The summed E-state index contributed by atoms with van der Waals surface area (Å²) < 4.78 is 19.5. The second-order valence-electron chi connectivity index (χ2n) is 6.91. The van der Waals surface area contributed by atoms with Gasteiger partial charge in [-0.25, -0.2) is 14.2 Å². The number of rotatable bonds is 2. The van der Waals surface area contributed by atoms with Crippen molar-refractivity contribution in [3.8, 4) is 0 Å². The number of carbonyl (C=O) groups is 1. The number of likely N-dealkylation sites (tertiary alicyclic amines) is 1. The average Bonchev–Trinajstić information content (AvgIpc) is 2.49. The Bertz CT molecular complexity index is 627. The van der Waals surface area contributed by atoms with E-state index in [1.807, 2.05) is 20.8 Å². The highest BCUT2D eigenvalue weighted by Crippen LogP contribution is 2.33. The van der Waals surface area contributed by atoms with Gasteiger partial charge in [0, 0.05) is 13.1 Å². The van der Waals surface area contributed by atoms with Crippen molar-refractivity contribution in [3.63, 3.8) is 0 Å². The Labute approximate surface area is 156 Å². The molecule has 134 valence electrons. The van der Waals surface area contributed by atoms with Crippen LogP contribution in [0.2, 0.25) is 15.2 Å². The van der Waals surface area contributed by atoms with E-state index in [-0.39, 0.29) is 32.9 Å². The topological polar surface area (TPSA) is 42.4 Å². The molecule has 0 spiro atoms. The Morgan fingerprint density at radius 2 is 1.83 bits per heavy atom. The third-order valence-electron chi connectivity index (χ3n) is 3.80. The summed E-state index contributed by atoms with van der Waals surface area (Å²) in [6, 6.07) is 0. The molecular formula is C16H20Cl3FN2O2. The van der Waals surface area contributed by atoms with E-state index >= 15 is 0 Å². The minimum absolute atomic E-state index is 0.00394. The van der Waals surface area contributed by atoms with Crippen LogP contribution < -0.4 is 0 Å². The van der Waals surface area contributed by atoms with Gasteiger partial charge in [0.1, 0.15) is 10.8 Å². The summed E-state index contributed by atoms with van der Waals surface area (Å²) in [5, 5.41) is -0.263. The lowest BCUT2D eigenvalue weighted by atomic mass is 9.92. The van der Waals surface area contributed by atoms with Crippen LogP contribution in [0.25, 0.3) is 0 Å². The molecule has 4 nitrogen and oxygen atoms in total. The summed E-state index contributed by atoms with van der Waals surface area (Å²) in [6.07, 6.45) is 1.56. The summed E-state index contributed by atoms with van der Waals surface area (Å²) in [5.74, 6) is -0.431. The van der Waals surface area contributed by atoms with E-state index in [9.17, 15) is 9.18 Å². The van der Waals surface area contributed by atoms with E-state index in [1.54, 1.807) is 4.90 Å².